The second-order valence-electron chi connectivity index (χ2n) is 3.54. The minimum Gasteiger partial charge on any atom is -0.387 e. The Balaban J connectivity index is 2.16. The van der Waals surface area contributed by atoms with E-state index in [0.29, 0.717) is 5.92 Å². The Morgan fingerprint density at radius 1 is 1.50 bits per heavy atom. The molecule has 0 aromatic carbocycles. The third-order valence-corrected chi connectivity index (χ3v) is 2.31. The molecule has 1 atom stereocenters. The summed E-state index contributed by atoms with van der Waals surface area (Å²) in [7, 11) is 0. The number of pyridine rings is 1. The highest BCUT2D eigenvalue weighted by Crippen LogP contribution is 2.40. The van der Waals surface area contributed by atoms with Gasteiger partial charge < -0.3 is 5.11 Å². The van der Waals surface area contributed by atoms with E-state index >= 15 is 0 Å². The van der Waals surface area contributed by atoms with Gasteiger partial charge in [-0.1, -0.05) is 6.07 Å². The normalized spacial score (nSPS) is 19.2. The lowest BCUT2D eigenvalue weighted by Crippen LogP contribution is -2.01. The van der Waals surface area contributed by atoms with Crippen LogP contribution < -0.4 is 0 Å². The lowest BCUT2D eigenvalue weighted by Gasteiger charge is -2.07. The van der Waals surface area contributed by atoms with Crippen LogP contribution in [0.15, 0.2) is 18.3 Å². The molecule has 1 aromatic rings. The number of nitrogens with zero attached hydrogens (tertiary/aromatic N) is 1. The molecule has 12 heavy (non-hydrogen) atoms. The molecule has 1 aromatic heterocycles. The van der Waals surface area contributed by atoms with Gasteiger partial charge in [-0.15, -0.1) is 0 Å². The van der Waals surface area contributed by atoms with E-state index < -0.39 is 0 Å². The maximum absolute atomic E-state index is 9.69. The molecule has 2 nitrogen and oxygen atoms in total. The minimum atomic E-state index is -0.328. The Labute approximate surface area is 72.3 Å². The van der Waals surface area contributed by atoms with Gasteiger partial charge in [-0.25, -0.2) is 0 Å². The molecule has 0 radical (unpaired) electrons. The van der Waals surface area contributed by atoms with E-state index in [2.05, 4.69) is 4.98 Å². The van der Waals surface area contributed by atoms with Crippen molar-refractivity contribution in [3.8, 4) is 0 Å². The Morgan fingerprint density at radius 3 is 2.75 bits per heavy atom. The molecule has 0 saturated heterocycles. The Bertz CT molecular complexity index is 264. The van der Waals surface area contributed by atoms with Crippen LogP contribution in [0.1, 0.15) is 30.2 Å². The summed E-state index contributed by atoms with van der Waals surface area (Å²) in [5.41, 5.74) is 1.96. The Kier molecular flexibility index (Phi) is 1.85. The van der Waals surface area contributed by atoms with Crippen molar-refractivity contribution in [2.45, 2.75) is 25.9 Å². The van der Waals surface area contributed by atoms with Gasteiger partial charge in [-0.2, -0.15) is 0 Å². The molecule has 1 fully saturated rings. The fourth-order valence-electron chi connectivity index (χ4n) is 1.31. The summed E-state index contributed by atoms with van der Waals surface area (Å²) in [5, 5.41) is 9.69. The average molecular weight is 163 g/mol. The number of aliphatic hydroxyl groups is 1. The van der Waals surface area contributed by atoms with Crippen molar-refractivity contribution in [2.75, 3.05) is 0 Å². The molecular formula is C10H13NO. The van der Waals surface area contributed by atoms with Crippen molar-refractivity contribution in [3.63, 3.8) is 0 Å². The van der Waals surface area contributed by atoms with Crippen LogP contribution in [-0.2, 0) is 0 Å². The first kappa shape index (κ1) is 7.74. The summed E-state index contributed by atoms with van der Waals surface area (Å²) >= 11 is 0. The van der Waals surface area contributed by atoms with Crippen LogP contribution >= 0.6 is 0 Å². The van der Waals surface area contributed by atoms with E-state index in [0.717, 1.165) is 24.1 Å². The van der Waals surface area contributed by atoms with Gasteiger partial charge in [-0.05, 0) is 37.3 Å². The van der Waals surface area contributed by atoms with Gasteiger partial charge >= 0.3 is 0 Å². The highest BCUT2D eigenvalue weighted by Gasteiger charge is 2.31. The number of hydrogen-bond donors (Lipinski definition) is 1. The third-order valence-electron chi connectivity index (χ3n) is 2.31. The van der Waals surface area contributed by atoms with Crippen molar-refractivity contribution in [3.05, 3.63) is 29.6 Å². The number of aromatic nitrogens is 1. The van der Waals surface area contributed by atoms with Gasteiger partial charge in [-0.3, -0.25) is 4.98 Å². The molecule has 64 valence electrons. The smallest absolute Gasteiger partial charge is 0.0987 e. The zero-order valence-corrected chi connectivity index (χ0v) is 7.20. The van der Waals surface area contributed by atoms with Gasteiger partial charge in [0.15, 0.2) is 0 Å². The second kappa shape index (κ2) is 2.87. The average Bonchev–Trinajstić information content (AvgIpc) is 2.87. The number of aliphatic hydroxyl groups excluding tert-OH is 1. The molecule has 2 rings (SSSR count). The number of rotatable bonds is 2. The number of hydrogen-bond acceptors (Lipinski definition) is 2. The fourth-order valence-corrected chi connectivity index (χ4v) is 1.31. The van der Waals surface area contributed by atoms with E-state index in [-0.39, 0.29) is 6.10 Å². The number of aryl methyl sites for hydroxylation is 1. The lowest BCUT2D eigenvalue weighted by atomic mass is 10.1. The molecule has 2 heteroatoms. The maximum Gasteiger partial charge on any atom is 0.0987 e. The minimum absolute atomic E-state index is 0.328. The molecular weight excluding hydrogens is 150 g/mol. The molecule has 1 saturated carbocycles. The monoisotopic (exact) mass is 163 g/mol. The SMILES string of the molecule is Cc1ccc(C(O)C2CC2)nc1. The van der Waals surface area contributed by atoms with Gasteiger partial charge in [0.05, 0.1) is 11.8 Å². The molecule has 1 N–H and O–H groups in total. The molecule has 0 spiro atoms. The van der Waals surface area contributed by atoms with E-state index in [1.54, 1.807) is 6.20 Å². The molecule has 1 aliphatic carbocycles. The summed E-state index contributed by atoms with van der Waals surface area (Å²) in [5.74, 6) is 0.472. The summed E-state index contributed by atoms with van der Waals surface area (Å²) in [6.45, 7) is 2.00. The van der Waals surface area contributed by atoms with E-state index in [1.165, 1.54) is 0 Å². The van der Waals surface area contributed by atoms with Crippen LogP contribution in [-0.4, -0.2) is 10.1 Å². The Hall–Kier alpha value is -0.890. The summed E-state index contributed by atoms with van der Waals surface area (Å²) in [6.07, 6.45) is 3.78. The van der Waals surface area contributed by atoms with Gasteiger partial charge in [0.25, 0.3) is 0 Å². The summed E-state index contributed by atoms with van der Waals surface area (Å²) in [4.78, 5) is 4.19. The van der Waals surface area contributed by atoms with E-state index in [4.69, 9.17) is 0 Å². The largest absolute Gasteiger partial charge is 0.387 e. The highest BCUT2D eigenvalue weighted by atomic mass is 16.3. The second-order valence-corrected chi connectivity index (χ2v) is 3.54. The van der Waals surface area contributed by atoms with Gasteiger partial charge in [0, 0.05) is 6.20 Å². The first-order valence-electron chi connectivity index (χ1n) is 4.38. The van der Waals surface area contributed by atoms with E-state index in [9.17, 15) is 5.11 Å². The van der Waals surface area contributed by atoms with Crippen molar-refractivity contribution < 1.29 is 5.11 Å². The maximum atomic E-state index is 9.69. The van der Waals surface area contributed by atoms with Crippen molar-refractivity contribution in [1.82, 2.24) is 4.98 Å². The standard InChI is InChI=1S/C10H13NO/c1-7-2-5-9(11-6-7)10(12)8-3-4-8/h2,5-6,8,10,12H,3-4H2,1H3. The van der Waals surface area contributed by atoms with Crippen LogP contribution in [0.5, 0.6) is 0 Å². The lowest BCUT2D eigenvalue weighted by molar-refractivity contribution is 0.149. The Morgan fingerprint density at radius 2 is 2.25 bits per heavy atom. The summed E-state index contributed by atoms with van der Waals surface area (Å²) < 4.78 is 0. The zero-order valence-electron chi connectivity index (χ0n) is 7.20. The van der Waals surface area contributed by atoms with Crippen LogP contribution in [0.2, 0.25) is 0 Å². The quantitative estimate of drug-likeness (QED) is 0.721. The summed E-state index contributed by atoms with van der Waals surface area (Å²) in [6, 6.07) is 3.91. The van der Waals surface area contributed by atoms with Gasteiger partial charge in [0.1, 0.15) is 0 Å². The molecule has 1 aliphatic rings. The zero-order chi connectivity index (χ0) is 8.55. The van der Waals surface area contributed by atoms with Crippen LogP contribution in [0, 0.1) is 12.8 Å². The molecule has 1 unspecified atom stereocenters. The topological polar surface area (TPSA) is 33.1 Å². The third kappa shape index (κ3) is 1.48. The van der Waals surface area contributed by atoms with Crippen LogP contribution in [0.4, 0.5) is 0 Å². The molecule has 0 amide bonds. The van der Waals surface area contributed by atoms with Crippen molar-refractivity contribution in [1.29, 1.82) is 0 Å². The predicted octanol–water partition coefficient (Wildman–Crippen LogP) is 1.83. The molecule has 1 heterocycles. The van der Waals surface area contributed by atoms with Crippen molar-refractivity contribution >= 4 is 0 Å². The van der Waals surface area contributed by atoms with Gasteiger partial charge in [0.2, 0.25) is 0 Å². The van der Waals surface area contributed by atoms with E-state index in [1.807, 2.05) is 19.1 Å². The molecule has 0 aliphatic heterocycles. The van der Waals surface area contributed by atoms with Crippen LogP contribution in [0.3, 0.4) is 0 Å². The first-order valence-corrected chi connectivity index (χ1v) is 4.38. The fraction of sp³-hybridized carbons (Fsp3) is 0.500. The highest BCUT2D eigenvalue weighted by molar-refractivity contribution is 5.15. The van der Waals surface area contributed by atoms with Crippen molar-refractivity contribution in [2.24, 2.45) is 5.92 Å². The van der Waals surface area contributed by atoms with Crippen LogP contribution in [0.25, 0.3) is 0 Å². The predicted molar refractivity (Wildman–Crippen MR) is 46.7 cm³/mol. The molecule has 0 bridgehead atoms. The first-order chi connectivity index (χ1) is 5.77.